The summed E-state index contributed by atoms with van der Waals surface area (Å²) >= 11 is 0. The van der Waals surface area contributed by atoms with Gasteiger partial charge >= 0.3 is 0 Å². The van der Waals surface area contributed by atoms with Gasteiger partial charge in [-0.1, -0.05) is 6.07 Å². The zero-order chi connectivity index (χ0) is 17.0. The SMILES string of the molecule is CN=C(NCCCOCc1ccco1)NCc1cccnc1OC.I. The van der Waals surface area contributed by atoms with E-state index in [1.807, 2.05) is 24.3 Å². The van der Waals surface area contributed by atoms with Gasteiger partial charge in [0, 0.05) is 38.5 Å². The molecular formula is C17H25IN4O3. The molecule has 0 saturated heterocycles. The average Bonchev–Trinajstić information content (AvgIpc) is 3.14. The third-order valence-electron chi connectivity index (χ3n) is 3.30. The molecule has 0 atom stereocenters. The lowest BCUT2D eigenvalue weighted by Crippen LogP contribution is -2.37. The monoisotopic (exact) mass is 460 g/mol. The Bertz CT molecular complexity index is 620. The lowest BCUT2D eigenvalue weighted by Gasteiger charge is -2.13. The Balaban J connectivity index is 0.00000312. The molecule has 0 aromatic carbocycles. The van der Waals surface area contributed by atoms with Crippen LogP contribution in [0.4, 0.5) is 0 Å². The van der Waals surface area contributed by atoms with Crippen molar-refractivity contribution in [3.05, 3.63) is 48.0 Å². The van der Waals surface area contributed by atoms with Crippen LogP contribution in [0.5, 0.6) is 5.88 Å². The van der Waals surface area contributed by atoms with E-state index in [0.717, 1.165) is 30.2 Å². The van der Waals surface area contributed by atoms with Crippen molar-refractivity contribution >= 4 is 29.9 Å². The van der Waals surface area contributed by atoms with Crippen molar-refractivity contribution in [2.75, 3.05) is 27.3 Å². The summed E-state index contributed by atoms with van der Waals surface area (Å²) in [5.41, 5.74) is 0.977. The first kappa shape index (κ1) is 21.2. The number of aliphatic imine (C=N–C) groups is 1. The summed E-state index contributed by atoms with van der Waals surface area (Å²) in [5, 5.41) is 6.48. The van der Waals surface area contributed by atoms with Gasteiger partial charge < -0.3 is 24.5 Å². The number of furan rings is 1. The second-order valence-corrected chi connectivity index (χ2v) is 5.01. The number of methoxy groups -OCH3 is 1. The summed E-state index contributed by atoms with van der Waals surface area (Å²) in [4.78, 5) is 8.37. The highest BCUT2D eigenvalue weighted by Crippen LogP contribution is 2.12. The summed E-state index contributed by atoms with van der Waals surface area (Å²) in [5.74, 6) is 2.18. The molecule has 2 heterocycles. The summed E-state index contributed by atoms with van der Waals surface area (Å²) in [7, 11) is 3.35. The Labute approximate surface area is 165 Å². The second kappa shape index (κ2) is 12.5. The Hall–Kier alpha value is -1.81. The quantitative estimate of drug-likeness (QED) is 0.259. The number of rotatable bonds is 9. The predicted octanol–water partition coefficient (Wildman–Crippen LogP) is 2.57. The minimum atomic E-state index is 0. The molecule has 0 spiro atoms. The minimum Gasteiger partial charge on any atom is -0.481 e. The molecule has 0 aliphatic rings. The van der Waals surface area contributed by atoms with E-state index in [-0.39, 0.29) is 24.0 Å². The smallest absolute Gasteiger partial charge is 0.218 e. The maximum Gasteiger partial charge on any atom is 0.218 e. The van der Waals surface area contributed by atoms with Gasteiger partial charge in [-0.05, 0) is 24.6 Å². The highest BCUT2D eigenvalue weighted by Gasteiger charge is 2.04. The lowest BCUT2D eigenvalue weighted by atomic mass is 10.2. The molecule has 2 rings (SSSR count). The maximum absolute atomic E-state index is 5.53. The molecule has 25 heavy (non-hydrogen) atoms. The van der Waals surface area contributed by atoms with Crippen LogP contribution in [0.25, 0.3) is 0 Å². The number of hydrogen-bond acceptors (Lipinski definition) is 5. The summed E-state index contributed by atoms with van der Waals surface area (Å²) in [6.07, 6.45) is 4.23. The number of guanidine groups is 1. The Morgan fingerprint density at radius 3 is 2.88 bits per heavy atom. The number of aromatic nitrogens is 1. The van der Waals surface area contributed by atoms with Crippen LogP contribution >= 0.6 is 24.0 Å². The average molecular weight is 460 g/mol. The molecule has 2 N–H and O–H groups in total. The van der Waals surface area contributed by atoms with Crippen molar-refractivity contribution in [2.24, 2.45) is 4.99 Å². The van der Waals surface area contributed by atoms with E-state index in [2.05, 4.69) is 20.6 Å². The van der Waals surface area contributed by atoms with Gasteiger partial charge in [0.15, 0.2) is 5.96 Å². The summed E-state index contributed by atoms with van der Waals surface area (Å²) < 4.78 is 16.0. The first-order valence-corrected chi connectivity index (χ1v) is 7.86. The summed E-state index contributed by atoms with van der Waals surface area (Å²) in [6.45, 7) is 2.51. The van der Waals surface area contributed by atoms with Gasteiger partial charge in [0.05, 0.1) is 13.4 Å². The zero-order valence-electron chi connectivity index (χ0n) is 14.5. The van der Waals surface area contributed by atoms with Crippen molar-refractivity contribution in [3.63, 3.8) is 0 Å². The largest absolute Gasteiger partial charge is 0.481 e. The van der Waals surface area contributed by atoms with E-state index in [0.29, 0.717) is 25.6 Å². The van der Waals surface area contributed by atoms with Crippen LogP contribution in [0.1, 0.15) is 17.7 Å². The van der Waals surface area contributed by atoms with Crippen molar-refractivity contribution in [3.8, 4) is 5.88 Å². The normalized spacial score (nSPS) is 10.9. The third kappa shape index (κ3) is 7.74. The van der Waals surface area contributed by atoms with Crippen LogP contribution in [-0.2, 0) is 17.9 Å². The van der Waals surface area contributed by atoms with Crippen molar-refractivity contribution in [2.45, 2.75) is 19.6 Å². The van der Waals surface area contributed by atoms with Crippen LogP contribution in [-0.4, -0.2) is 38.3 Å². The summed E-state index contributed by atoms with van der Waals surface area (Å²) in [6, 6.07) is 7.60. The first-order valence-electron chi connectivity index (χ1n) is 7.86. The molecule has 2 aromatic heterocycles. The second-order valence-electron chi connectivity index (χ2n) is 5.01. The van der Waals surface area contributed by atoms with Crippen molar-refractivity contribution in [1.29, 1.82) is 0 Å². The fraction of sp³-hybridized carbons (Fsp3) is 0.412. The zero-order valence-corrected chi connectivity index (χ0v) is 16.9. The molecule has 0 amide bonds. The molecule has 0 unspecified atom stereocenters. The number of halogens is 1. The maximum atomic E-state index is 5.53. The van der Waals surface area contributed by atoms with Gasteiger partial charge in [-0.25, -0.2) is 4.98 Å². The third-order valence-corrected chi connectivity index (χ3v) is 3.30. The number of pyridine rings is 1. The topological polar surface area (TPSA) is 80.9 Å². The highest BCUT2D eigenvalue weighted by molar-refractivity contribution is 14.0. The van der Waals surface area contributed by atoms with Crippen LogP contribution in [0.2, 0.25) is 0 Å². The van der Waals surface area contributed by atoms with Crippen molar-refractivity contribution < 1.29 is 13.9 Å². The molecule has 0 fully saturated rings. The standard InChI is InChI=1S/C17H24N4O3.HI/c1-18-17(21-12-14-6-3-8-19-16(14)22-2)20-9-5-10-23-13-15-7-4-11-24-15;/h3-4,6-8,11H,5,9-10,12-13H2,1-2H3,(H2,18,20,21);1H. The fourth-order valence-corrected chi connectivity index (χ4v) is 2.09. The number of hydrogen-bond donors (Lipinski definition) is 2. The molecule has 0 aliphatic carbocycles. The number of nitrogens with zero attached hydrogens (tertiary/aromatic N) is 2. The Kier molecular flexibility index (Phi) is 10.6. The molecule has 2 aromatic rings. The van der Waals surface area contributed by atoms with Gasteiger partial charge in [-0.2, -0.15) is 0 Å². The molecule has 138 valence electrons. The van der Waals surface area contributed by atoms with E-state index < -0.39 is 0 Å². The van der Waals surface area contributed by atoms with Crippen LogP contribution in [0.3, 0.4) is 0 Å². The van der Waals surface area contributed by atoms with Crippen LogP contribution < -0.4 is 15.4 Å². The Morgan fingerprint density at radius 1 is 1.28 bits per heavy atom. The van der Waals surface area contributed by atoms with E-state index in [1.165, 1.54) is 0 Å². The molecule has 0 bridgehead atoms. The molecular weight excluding hydrogens is 435 g/mol. The highest BCUT2D eigenvalue weighted by atomic mass is 127. The molecule has 8 heteroatoms. The van der Waals surface area contributed by atoms with Gasteiger partial charge in [-0.15, -0.1) is 24.0 Å². The number of ether oxygens (including phenoxy) is 2. The molecule has 0 saturated carbocycles. The minimum absolute atomic E-state index is 0. The van der Waals surface area contributed by atoms with E-state index in [1.54, 1.807) is 26.6 Å². The van der Waals surface area contributed by atoms with Gasteiger partial charge in [-0.3, -0.25) is 4.99 Å². The molecule has 0 aliphatic heterocycles. The van der Waals surface area contributed by atoms with Crippen LogP contribution in [0.15, 0.2) is 46.1 Å². The fourth-order valence-electron chi connectivity index (χ4n) is 2.09. The van der Waals surface area contributed by atoms with E-state index >= 15 is 0 Å². The molecule has 0 radical (unpaired) electrons. The lowest BCUT2D eigenvalue weighted by molar-refractivity contribution is 0.105. The Morgan fingerprint density at radius 2 is 2.16 bits per heavy atom. The van der Waals surface area contributed by atoms with Crippen molar-refractivity contribution in [1.82, 2.24) is 15.6 Å². The first-order chi connectivity index (χ1) is 11.8. The van der Waals surface area contributed by atoms with Gasteiger partial charge in [0.1, 0.15) is 12.4 Å². The van der Waals surface area contributed by atoms with Gasteiger partial charge in [0.25, 0.3) is 0 Å². The van der Waals surface area contributed by atoms with Gasteiger partial charge in [0.2, 0.25) is 5.88 Å². The van der Waals surface area contributed by atoms with E-state index in [9.17, 15) is 0 Å². The molecule has 7 nitrogen and oxygen atoms in total. The van der Waals surface area contributed by atoms with Crippen LogP contribution in [0, 0.1) is 0 Å². The number of nitrogens with one attached hydrogen (secondary N) is 2. The predicted molar refractivity (Wildman–Crippen MR) is 107 cm³/mol. The van der Waals surface area contributed by atoms with E-state index in [4.69, 9.17) is 13.9 Å².